The summed E-state index contributed by atoms with van der Waals surface area (Å²) in [7, 11) is 6.89. The number of ketones is 1. The molecule has 1 saturated heterocycles. The van der Waals surface area contributed by atoms with E-state index in [4.69, 9.17) is 25.8 Å². The molecule has 0 aromatic heterocycles. The fourth-order valence-electron chi connectivity index (χ4n) is 4.11. The van der Waals surface area contributed by atoms with Crippen molar-refractivity contribution in [2.45, 2.75) is 19.4 Å². The number of ether oxygens (including phenoxy) is 3. The molecule has 1 unspecified atom stereocenters. The van der Waals surface area contributed by atoms with E-state index in [2.05, 4.69) is 0 Å². The topological polar surface area (TPSA) is 88.5 Å². The van der Waals surface area contributed by atoms with Crippen molar-refractivity contribution < 1.29 is 28.9 Å². The summed E-state index contributed by atoms with van der Waals surface area (Å²) in [4.78, 5) is 29.8. The molecule has 188 valence electrons. The van der Waals surface area contributed by atoms with Crippen LogP contribution >= 0.6 is 11.6 Å². The van der Waals surface area contributed by atoms with E-state index in [9.17, 15) is 14.7 Å². The third-order valence-electron chi connectivity index (χ3n) is 5.77. The van der Waals surface area contributed by atoms with Gasteiger partial charge in [0.1, 0.15) is 11.5 Å². The number of hydrogen-bond donors (Lipinski definition) is 1. The van der Waals surface area contributed by atoms with Gasteiger partial charge < -0.3 is 29.1 Å². The molecule has 0 bridgehead atoms. The summed E-state index contributed by atoms with van der Waals surface area (Å²) in [5, 5.41) is 11.5. The predicted molar refractivity (Wildman–Crippen MR) is 134 cm³/mol. The molecule has 1 aliphatic heterocycles. The van der Waals surface area contributed by atoms with E-state index in [1.807, 2.05) is 25.9 Å². The first-order chi connectivity index (χ1) is 16.7. The molecule has 0 spiro atoms. The Kier molecular flexibility index (Phi) is 8.64. The number of aliphatic hydroxyl groups is 1. The Morgan fingerprint density at radius 3 is 2.34 bits per heavy atom. The number of halogens is 1. The van der Waals surface area contributed by atoms with Crippen LogP contribution in [0, 0.1) is 0 Å². The average molecular weight is 503 g/mol. The van der Waals surface area contributed by atoms with Gasteiger partial charge in [-0.15, -0.1) is 0 Å². The van der Waals surface area contributed by atoms with Crippen LogP contribution in [0.25, 0.3) is 5.76 Å². The number of nitrogens with zero attached hydrogens (tertiary/aromatic N) is 2. The van der Waals surface area contributed by atoms with Crippen LogP contribution < -0.4 is 14.2 Å². The minimum absolute atomic E-state index is 0.00713. The first-order valence-electron chi connectivity index (χ1n) is 11.3. The van der Waals surface area contributed by atoms with Gasteiger partial charge in [0.25, 0.3) is 11.7 Å². The maximum Gasteiger partial charge on any atom is 0.295 e. The highest BCUT2D eigenvalue weighted by molar-refractivity contribution is 6.46. The molecule has 2 aromatic rings. The molecule has 0 radical (unpaired) electrons. The fraction of sp³-hybridized carbons (Fsp3) is 0.385. The van der Waals surface area contributed by atoms with Crippen molar-refractivity contribution in [1.29, 1.82) is 0 Å². The minimum atomic E-state index is -0.803. The summed E-state index contributed by atoms with van der Waals surface area (Å²) in [6, 6.07) is 9.14. The van der Waals surface area contributed by atoms with E-state index in [-0.39, 0.29) is 16.4 Å². The third kappa shape index (κ3) is 5.55. The lowest BCUT2D eigenvalue weighted by Gasteiger charge is -2.26. The summed E-state index contributed by atoms with van der Waals surface area (Å²) in [5.74, 6) is -0.276. The van der Waals surface area contributed by atoms with Gasteiger partial charge in [-0.05, 0) is 69.9 Å². The van der Waals surface area contributed by atoms with Crippen LogP contribution in [-0.4, -0.2) is 74.6 Å². The third-order valence-corrected chi connectivity index (χ3v) is 6.07. The standard InChI is InChI=1S/C26H31ClN2O6/c1-6-35-20-11-8-16(15-21(20)34-5)23-22(24(30)17-9-10-19(33-4)18(27)14-17)25(31)26(32)29(23)13-7-12-28(2)3/h8-11,14-15,23,30H,6-7,12-13H2,1-5H3/b24-22-. The molecule has 1 aliphatic rings. The summed E-state index contributed by atoms with van der Waals surface area (Å²) in [6.45, 7) is 3.39. The molecule has 35 heavy (non-hydrogen) atoms. The molecule has 0 saturated carbocycles. The molecule has 1 amide bonds. The Bertz CT molecular complexity index is 1130. The molecular weight excluding hydrogens is 472 g/mol. The molecule has 1 fully saturated rings. The van der Waals surface area contributed by atoms with Crippen LogP contribution in [0.5, 0.6) is 17.2 Å². The van der Waals surface area contributed by atoms with Gasteiger partial charge in [0.15, 0.2) is 11.5 Å². The molecular formula is C26H31ClN2O6. The number of Topliss-reactive ketones (excluding diaryl/α,β-unsaturated/α-hetero) is 1. The maximum absolute atomic E-state index is 13.2. The van der Waals surface area contributed by atoms with Gasteiger partial charge in [-0.1, -0.05) is 17.7 Å². The van der Waals surface area contributed by atoms with Gasteiger partial charge in [0.2, 0.25) is 0 Å². The normalized spacial score (nSPS) is 17.2. The van der Waals surface area contributed by atoms with Crippen molar-refractivity contribution in [3.63, 3.8) is 0 Å². The fourth-order valence-corrected chi connectivity index (χ4v) is 4.37. The Morgan fingerprint density at radius 1 is 1.06 bits per heavy atom. The van der Waals surface area contributed by atoms with Crippen LogP contribution in [0.1, 0.15) is 30.5 Å². The SMILES string of the molecule is CCOc1ccc(C2/C(=C(/O)c3ccc(OC)c(Cl)c3)C(=O)C(=O)N2CCCN(C)C)cc1OC. The van der Waals surface area contributed by atoms with Gasteiger partial charge in [-0.25, -0.2) is 0 Å². The highest BCUT2D eigenvalue weighted by atomic mass is 35.5. The first-order valence-corrected chi connectivity index (χ1v) is 11.7. The molecule has 0 aliphatic carbocycles. The monoisotopic (exact) mass is 502 g/mol. The van der Waals surface area contributed by atoms with Crippen LogP contribution in [0.2, 0.25) is 5.02 Å². The van der Waals surface area contributed by atoms with Crippen LogP contribution in [0.4, 0.5) is 0 Å². The molecule has 9 heteroatoms. The number of hydrogen-bond acceptors (Lipinski definition) is 7. The zero-order valence-electron chi connectivity index (χ0n) is 20.6. The molecule has 8 nitrogen and oxygen atoms in total. The highest BCUT2D eigenvalue weighted by Crippen LogP contribution is 2.42. The molecule has 2 aromatic carbocycles. The lowest BCUT2D eigenvalue weighted by molar-refractivity contribution is -0.139. The molecule has 3 rings (SSSR count). The largest absolute Gasteiger partial charge is 0.507 e. The van der Waals surface area contributed by atoms with Gasteiger partial charge >= 0.3 is 0 Å². The lowest BCUT2D eigenvalue weighted by atomic mass is 9.95. The zero-order valence-corrected chi connectivity index (χ0v) is 21.4. The van der Waals surface area contributed by atoms with Gasteiger partial charge in [-0.2, -0.15) is 0 Å². The first kappa shape index (κ1) is 26.4. The number of aliphatic hydroxyl groups excluding tert-OH is 1. The minimum Gasteiger partial charge on any atom is -0.507 e. The van der Waals surface area contributed by atoms with Crippen LogP contribution in [-0.2, 0) is 9.59 Å². The van der Waals surface area contributed by atoms with Gasteiger partial charge in [0.05, 0.1) is 37.5 Å². The van der Waals surface area contributed by atoms with E-state index in [1.54, 1.807) is 30.3 Å². The van der Waals surface area contributed by atoms with E-state index >= 15 is 0 Å². The molecule has 1 N–H and O–H groups in total. The number of benzene rings is 2. The van der Waals surface area contributed by atoms with Crippen molar-refractivity contribution in [1.82, 2.24) is 9.80 Å². The van der Waals surface area contributed by atoms with Crippen molar-refractivity contribution in [3.05, 3.63) is 58.1 Å². The van der Waals surface area contributed by atoms with Crippen molar-refractivity contribution in [2.75, 3.05) is 48.0 Å². The summed E-state index contributed by atoms with van der Waals surface area (Å²) in [6.07, 6.45) is 0.652. The lowest BCUT2D eigenvalue weighted by Crippen LogP contribution is -2.32. The number of likely N-dealkylation sites (tertiary alicyclic amines) is 1. The summed E-state index contributed by atoms with van der Waals surface area (Å²) >= 11 is 6.26. The quantitative estimate of drug-likeness (QED) is 0.297. The van der Waals surface area contributed by atoms with Gasteiger partial charge in [-0.3, -0.25) is 9.59 Å². The Morgan fingerprint density at radius 2 is 1.74 bits per heavy atom. The summed E-state index contributed by atoms with van der Waals surface area (Å²) < 4.78 is 16.3. The van der Waals surface area contributed by atoms with Crippen LogP contribution in [0.3, 0.4) is 0 Å². The maximum atomic E-state index is 13.2. The van der Waals surface area contributed by atoms with Gasteiger partial charge in [0, 0.05) is 12.1 Å². The number of methoxy groups -OCH3 is 2. The molecule has 1 atom stereocenters. The second kappa shape index (κ2) is 11.5. The number of carbonyl (C=O) groups excluding carboxylic acids is 2. The molecule has 1 heterocycles. The number of amides is 1. The Labute approximate surface area is 210 Å². The van der Waals surface area contributed by atoms with Crippen LogP contribution in [0.15, 0.2) is 42.0 Å². The van der Waals surface area contributed by atoms with E-state index in [0.29, 0.717) is 47.9 Å². The van der Waals surface area contributed by atoms with E-state index < -0.39 is 17.7 Å². The Hall–Kier alpha value is -3.23. The summed E-state index contributed by atoms with van der Waals surface area (Å²) in [5.41, 5.74) is 0.924. The second-order valence-electron chi connectivity index (χ2n) is 8.34. The zero-order chi connectivity index (χ0) is 25.7. The highest BCUT2D eigenvalue weighted by Gasteiger charge is 2.46. The smallest absolute Gasteiger partial charge is 0.295 e. The van der Waals surface area contributed by atoms with E-state index in [0.717, 1.165) is 6.54 Å². The van der Waals surface area contributed by atoms with Crippen molar-refractivity contribution >= 4 is 29.1 Å². The average Bonchev–Trinajstić information content (AvgIpc) is 3.08. The number of carbonyl (C=O) groups is 2. The van der Waals surface area contributed by atoms with Crippen molar-refractivity contribution in [2.24, 2.45) is 0 Å². The number of rotatable bonds is 10. The Balaban J connectivity index is 2.15. The second-order valence-corrected chi connectivity index (χ2v) is 8.75. The predicted octanol–water partition coefficient (Wildman–Crippen LogP) is 4.13. The van der Waals surface area contributed by atoms with E-state index in [1.165, 1.54) is 25.2 Å². The van der Waals surface area contributed by atoms with Crippen molar-refractivity contribution in [3.8, 4) is 17.2 Å².